The number of ether oxygens (including phenoxy) is 1. The van der Waals surface area contributed by atoms with Gasteiger partial charge >= 0.3 is 0 Å². The van der Waals surface area contributed by atoms with Gasteiger partial charge < -0.3 is 14.8 Å². The van der Waals surface area contributed by atoms with Crippen LogP contribution >= 0.6 is 0 Å². The molecule has 1 aliphatic heterocycles. The second-order valence-electron chi connectivity index (χ2n) is 4.62. The van der Waals surface area contributed by atoms with Gasteiger partial charge in [0.25, 0.3) is 10.0 Å². The lowest BCUT2D eigenvalue weighted by Gasteiger charge is -2.34. The fraction of sp³-hybridized carbons (Fsp3) is 0.727. The van der Waals surface area contributed by atoms with Crippen molar-refractivity contribution in [1.82, 2.24) is 14.3 Å². The smallest absolute Gasteiger partial charge is 0.260 e. The lowest BCUT2D eigenvalue weighted by molar-refractivity contribution is -0.0750. The summed E-state index contributed by atoms with van der Waals surface area (Å²) >= 11 is 0. The normalized spacial score (nSPS) is 25.6. The molecule has 108 valence electrons. The standard InChI is InChI=1S/C11H19N3O4S/c1-3-10-12-4-11(13-10)19(16,17)14-5-8(2)18-9(6-14)7-15/h4,8-9,15H,3,5-7H2,1-2H3,(H,12,13). The van der Waals surface area contributed by atoms with Gasteiger partial charge in [-0.25, -0.2) is 13.4 Å². The molecule has 2 N–H and O–H groups in total. The predicted molar refractivity (Wildman–Crippen MR) is 68.1 cm³/mol. The van der Waals surface area contributed by atoms with Crippen molar-refractivity contribution in [1.29, 1.82) is 0 Å². The minimum absolute atomic E-state index is 0.0927. The van der Waals surface area contributed by atoms with Crippen LogP contribution in [0.2, 0.25) is 0 Å². The quantitative estimate of drug-likeness (QED) is 0.796. The molecule has 0 bridgehead atoms. The third kappa shape index (κ3) is 2.97. The molecule has 1 aromatic heterocycles. The number of sulfonamides is 1. The third-order valence-electron chi connectivity index (χ3n) is 3.05. The van der Waals surface area contributed by atoms with Crippen LogP contribution in [0.3, 0.4) is 0 Å². The first-order valence-corrected chi connectivity index (χ1v) is 7.71. The minimum Gasteiger partial charge on any atom is -0.394 e. The van der Waals surface area contributed by atoms with Crippen molar-refractivity contribution in [3.8, 4) is 0 Å². The van der Waals surface area contributed by atoms with Crippen molar-refractivity contribution in [3.63, 3.8) is 0 Å². The van der Waals surface area contributed by atoms with Crippen molar-refractivity contribution >= 4 is 10.0 Å². The SMILES string of the molecule is CCc1ncc(S(=O)(=O)N2CC(C)OC(CO)C2)[nH]1. The molecule has 0 radical (unpaired) electrons. The maximum atomic E-state index is 12.4. The van der Waals surface area contributed by atoms with E-state index in [-0.39, 0.29) is 30.8 Å². The van der Waals surface area contributed by atoms with Gasteiger partial charge in [-0.1, -0.05) is 6.92 Å². The summed E-state index contributed by atoms with van der Waals surface area (Å²) in [4.78, 5) is 6.82. The fourth-order valence-electron chi connectivity index (χ4n) is 2.09. The number of aryl methyl sites for hydroxylation is 1. The second kappa shape index (κ2) is 5.58. The Balaban J connectivity index is 2.23. The van der Waals surface area contributed by atoms with Gasteiger partial charge in [0.15, 0.2) is 5.03 Å². The van der Waals surface area contributed by atoms with E-state index < -0.39 is 16.1 Å². The minimum atomic E-state index is -3.60. The third-order valence-corrected chi connectivity index (χ3v) is 4.80. The van der Waals surface area contributed by atoms with Gasteiger partial charge in [0.2, 0.25) is 0 Å². The first-order valence-electron chi connectivity index (χ1n) is 6.27. The average molecular weight is 289 g/mol. The Morgan fingerprint density at radius 3 is 2.89 bits per heavy atom. The van der Waals surface area contributed by atoms with Gasteiger partial charge in [0, 0.05) is 19.5 Å². The zero-order chi connectivity index (χ0) is 14.0. The van der Waals surface area contributed by atoms with Crippen molar-refractivity contribution in [2.24, 2.45) is 0 Å². The van der Waals surface area contributed by atoms with Crippen LogP contribution in [0, 0.1) is 0 Å². The largest absolute Gasteiger partial charge is 0.394 e. The summed E-state index contributed by atoms with van der Waals surface area (Å²) in [5, 5.41) is 9.23. The van der Waals surface area contributed by atoms with Gasteiger partial charge in [0.05, 0.1) is 25.0 Å². The fourth-order valence-corrected chi connectivity index (χ4v) is 3.57. The molecule has 0 aliphatic carbocycles. The molecule has 0 aromatic carbocycles. The maximum Gasteiger partial charge on any atom is 0.260 e. The van der Waals surface area contributed by atoms with Gasteiger partial charge in [0.1, 0.15) is 5.82 Å². The molecule has 8 heteroatoms. The van der Waals surface area contributed by atoms with Crippen LogP contribution < -0.4 is 0 Å². The molecule has 1 saturated heterocycles. The summed E-state index contributed by atoms with van der Waals surface area (Å²) in [5.74, 6) is 0.638. The van der Waals surface area contributed by atoms with E-state index in [9.17, 15) is 8.42 Å². The van der Waals surface area contributed by atoms with Gasteiger partial charge in [-0.2, -0.15) is 4.31 Å². The Hall–Kier alpha value is -0.960. The first kappa shape index (κ1) is 14.4. The zero-order valence-electron chi connectivity index (χ0n) is 11.0. The van der Waals surface area contributed by atoms with Crippen LogP contribution in [0.4, 0.5) is 0 Å². The molecule has 1 fully saturated rings. The Morgan fingerprint density at radius 1 is 1.58 bits per heavy atom. The summed E-state index contributed by atoms with van der Waals surface area (Å²) < 4.78 is 31.7. The molecule has 1 aromatic rings. The number of nitrogens with zero attached hydrogens (tertiary/aromatic N) is 2. The van der Waals surface area contributed by atoms with Crippen molar-refractivity contribution in [3.05, 3.63) is 12.0 Å². The summed E-state index contributed by atoms with van der Waals surface area (Å²) in [6.45, 7) is 3.92. The highest BCUT2D eigenvalue weighted by molar-refractivity contribution is 7.89. The number of morpholine rings is 1. The number of H-pyrrole nitrogens is 1. The van der Waals surface area contributed by atoms with Gasteiger partial charge in [-0.15, -0.1) is 0 Å². The lowest BCUT2D eigenvalue weighted by Crippen LogP contribution is -2.50. The Labute approximate surface area is 112 Å². The Kier molecular flexibility index (Phi) is 4.24. The number of imidazole rings is 1. The summed E-state index contributed by atoms with van der Waals surface area (Å²) in [7, 11) is -3.60. The van der Waals surface area contributed by atoms with E-state index in [0.717, 1.165) is 0 Å². The van der Waals surface area contributed by atoms with Crippen molar-refractivity contribution < 1.29 is 18.3 Å². The number of hydrogen-bond acceptors (Lipinski definition) is 5. The molecule has 2 rings (SSSR count). The highest BCUT2D eigenvalue weighted by atomic mass is 32.2. The van der Waals surface area contributed by atoms with Crippen LogP contribution in [0.1, 0.15) is 19.7 Å². The van der Waals surface area contributed by atoms with Crippen molar-refractivity contribution in [2.75, 3.05) is 19.7 Å². The molecule has 7 nitrogen and oxygen atoms in total. The average Bonchev–Trinajstić information content (AvgIpc) is 2.87. The zero-order valence-corrected chi connectivity index (χ0v) is 11.9. The van der Waals surface area contributed by atoms with Gasteiger partial charge in [-0.3, -0.25) is 0 Å². The van der Waals surface area contributed by atoms with Crippen LogP contribution in [-0.2, 0) is 21.2 Å². The molecule has 0 saturated carbocycles. The summed E-state index contributed by atoms with van der Waals surface area (Å²) in [6, 6.07) is 0. The molecule has 2 unspecified atom stereocenters. The van der Waals surface area contributed by atoms with Crippen molar-refractivity contribution in [2.45, 2.75) is 37.5 Å². The highest BCUT2D eigenvalue weighted by Crippen LogP contribution is 2.19. The molecular weight excluding hydrogens is 270 g/mol. The topological polar surface area (TPSA) is 95.5 Å². The number of aliphatic hydroxyl groups excluding tert-OH is 1. The lowest BCUT2D eigenvalue weighted by atomic mass is 10.2. The molecule has 2 heterocycles. The molecule has 2 atom stereocenters. The van der Waals surface area contributed by atoms with Crippen LogP contribution in [0.5, 0.6) is 0 Å². The number of aromatic amines is 1. The summed E-state index contributed by atoms with van der Waals surface area (Å²) in [5.41, 5.74) is 0. The summed E-state index contributed by atoms with van der Waals surface area (Å²) in [6.07, 6.45) is 1.26. The molecule has 0 amide bonds. The highest BCUT2D eigenvalue weighted by Gasteiger charge is 2.34. The molecule has 0 spiro atoms. The van der Waals surface area contributed by atoms with E-state index in [1.807, 2.05) is 6.92 Å². The van der Waals surface area contributed by atoms with Crippen LogP contribution in [-0.4, -0.2) is 59.7 Å². The molecular formula is C11H19N3O4S. The molecule has 19 heavy (non-hydrogen) atoms. The van der Waals surface area contributed by atoms with Crippen LogP contribution in [0.15, 0.2) is 11.2 Å². The van der Waals surface area contributed by atoms with Gasteiger partial charge in [-0.05, 0) is 6.92 Å². The van der Waals surface area contributed by atoms with E-state index in [4.69, 9.17) is 9.84 Å². The molecule has 1 aliphatic rings. The first-order chi connectivity index (χ1) is 8.97. The predicted octanol–water partition coefficient (Wildman–Crippen LogP) is -0.258. The van der Waals surface area contributed by atoms with E-state index in [0.29, 0.717) is 12.2 Å². The van der Waals surface area contributed by atoms with E-state index in [2.05, 4.69) is 9.97 Å². The number of aromatic nitrogens is 2. The number of nitrogens with one attached hydrogen (secondary N) is 1. The van der Waals surface area contributed by atoms with E-state index >= 15 is 0 Å². The second-order valence-corrected chi connectivity index (χ2v) is 6.53. The van der Waals surface area contributed by atoms with E-state index in [1.165, 1.54) is 10.5 Å². The number of hydrogen-bond donors (Lipinski definition) is 2. The Bertz CT molecular complexity index is 528. The monoisotopic (exact) mass is 289 g/mol. The number of aliphatic hydroxyl groups is 1. The number of rotatable bonds is 4. The maximum absolute atomic E-state index is 12.4. The van der Waals surface area contributed by atoms with E-state index in [1.54, 1.807) is 6.92 Å². The Morgan fingerprint density at radius 2 is 2.32 bits per heavy atom. The van der Waals surface area contributed by atoms with Crippen LogP contribution in [0.25, 0.3) is 0 Å².